The van der Waals surface area contributed by atoms with Gasteiger partial charge in [-0.25, -0.2) is 0 Å². The molecular weight excluding hydrogens is 366 g/mol. The van der Waals surface area contributed by atoms with Crippen molar-refractivity contribution in [2.24, 2.45) is 29.6 Å². The molecule has 3 rings (SSSR count). The van der Waals surface area contributed by atoms with Gasteiger partial charge >= 0.3 is 0 Å². The number of nitrogens with one attached hydrogen (secondary N) is 1. The number of hydroxylamine groups is 2. The molecule has 6 nitrogen and oxygen atoms in total. The molecule has 0 aromatic carbocycles. The highest BCUT2D eigenvalue weighted by atomic mass is 16.7. The smallest absolute Gasteiger partial charge is 0.222 e. The molecule has 2 saturated carbocycles. The molecule has 7 unspecified atom stereocenters. The van der Waals surface area contributed by atoms with E-state index in [2.05, 4.69) is 36.3 Å². The summed E-state index contributed by atoms with van der Waals surface area (Å²) in [6, 6.07) is 0.473. The Kier molecular flexibility index (Phi) is 8.37. The van der Waals surface area contributed by atoms with Gasteiger partial charge in [-0.3, -0.25) is 9.63 Å². The van der Waals surface area contributed by atoms with Crippen LogP contribution in [-0.2, 0) is 14.4 Å². The van der Waals surface area contributed by atoms with Crippen molar-refractivity contribution in [2.45, 2.75) is 64.0 Å². The SMILES string of the molecule is CCC1CON(CC2CCCC(C3CC(C(=O)NC)CC(N(C)C)C3)C2OC)C1. The van der Waals surface area contributed by atoms with Crippen molar-refractivity contribution in [1.82, 2.24) is 15.3 Å². The number of ether oxygens (including phenoxy) is 1. The summed E-state index contributed by atoms with van der Waals surface area (Å²) in [5.74, 6) is 2.61. The number of amides is 1. The molecule has 1 aliphatic heterocycles. The van der Waals surface area contributed by atoms with Crippen LogP contribution in [0.5, 0.6) is 0 Å². The average Bonchev–Trinajstić information content (AvgIpc) is 3.20. The molecule has 3 aliphatic rings. The minimum atomic E-state index is 0.122. The van der Waals surface area contributed by atoms with Crippen LogP contribution < -0.4 is 5.32 Å². The molecule has 1 heterocycles. The van der Waals surface area contributed by atoms with Gasteiger partial charge in [0, 0.05) is 45.1 Å². The van der Waals surface area contributed by atoms with Crippen LogP contribution in [0.3, 0.4) is 0 Å². The lowest BCUT2D eigenvalue weighted by Crippen LogP contribution is -2.48. The van der Waals surface area contributed by atoms with Crippen molar-refractivity contribution in [3.05, 3.63) is 0 Å². The van der Waals surface area contributed by atoms with Crippen LogP contribution in [0, 0.1) is 29.6 Å². The van der Waals surface area contributed by atoms with Gasteiger partial charge in [0.15, 0.2) is 0 Å². The maximum Gasteiger partial charge on any atom is 0.222 e. The highest BCUT2D eigenvalue weighted by molar-refractivity contribution is 5.78. The van der Waals surface area contributed by atoms with Gasteiger partial charge in [-0.2, -0.15) is 5.06 Å². The molecule has 1 amide bonds. The van der Waals surface area contributed by atoms with Crippen LogP contribution >= 0.6 is 0 Å². The molecule has 0 spiro atoms. The fourth-order valence-electron chi connectivity index (χ4n) is 6.12. The average molecular weight is 410 g/mol. The number of nitrogens with zero attached hydrogens (tertiary/aromatic N) is 2. The Balaban J connectivity index is 1.69. The minimum Gasteiger partial charge on any atom is -0.381 e. The third-order valence-electron chi connectivity index (χ3n) is 7.91. The molecule has 0 radical (unpaired) electrons. The summed E-state index contributed by atoms with van der Waals surface area (Å²) in [4.78, 5) is 20.8. The van der Waals surface area contributed by atoms with Crippen molar-refractivity contribution in [1.29, 1.82) is 0 Å². The second-order valence-corrected chi connectivity index (χ2v) is 9.87. The van der Waals surface area contributed by atoms with Crippen LogP contribution in [0.4, 0.5) is 0 Å². The Bertz CT molecular complexity index is 529. The zero-order valence-electron chi connectivity index (χ0n) is 19.2. The monoisotopic (exact) mass is 409 g/mol. The Hall–Kier alpha value is -0.690. The van der Waals surface area contributed by atoms with Gasteiger partial charge in [0.1, 0.15) is 0 Å². The zero-order chi connectivity index (χ0) is 21.0. The van der Waals surface area contributed by atoms with Crippen molar-refractivity contribution in [3.63, 3.8) is 0 Å². The summed E-state index contributed by atoms with van der Waals surface area (Å²) < 4.78 is 6.15. The first-order valence-corrected chi connectivity index (χ1v) is 11.7. The van der Waals surface area contributed by atoms with Gasteiger partial charge in [0.25, 0.3) is 0 Å². The Morgan fingerprint density at radius 3 is 2.66 bits per heavy atom. The molecule has 7 atom stereocenters. The van der Waals surface area contributed by atoms with E-state index >= 15 is 0 Å². The number of hydrogen-bond donors (Lipinski definition) is 1. The first-order chi connectivity index (χ1) is 14.0. The standard InChI is InChI=1S/C23H43N3O3/c1-6-16-13-26(29-15-16)14-17-8-7-9-21(22(17)28-5)18-10-19(23(27)24-2)12-20(11-18)25(3)4/h16-22H,6-15H2,1-5H3,(H,24,27). The third kappa shape index (κ3) is 5.52. The van der Waals surface area contributed by atoms with E-state index in [9.17, 15) is 4.79 Å². The first-order valence-electron chi connectivity index (χ1n) is 11.7. The summed E-state index contributed by atoms with van der Waals surface area (Å²) in [7, 11) is 7.96. The van der Waals surface area contributed by atoms with Gasteiger partial charge < -0.3 is 15.0 Å². The van der Waals surface area contributed by atoms with Gasteiger partial charge in [-0.15, -0.1) is 0 Å². The molecule has 3 fully saturated rings. The largest absolute Gasteiger partial charge is 0.381 e. The lowest BCUT2D eigenvalue weighted by atomic mass is 9.65. The van der Waals surface area contributed by atoms with E-state index in [1.54, 1.807) is 7.05 Å². The summed E-state index contributed by atoms with van der Waals surface area (Å²) in [5, 5.41) is 5.10. The van der Waals surface area contributed by atoms with Crippen molar-refractivity contribution in [3.8, 4) is 0 Å². The number of rotatable bonds is 7. The van der Waals surface area contributed by atoms with Gasteiger partial charge in [0.2, 0.25) is 5.91 Å². The third-order valence-corrected chi connectivity index (χ3v) is 7.91. The Morgan fingerprint density at radius 2 is 2.03 bits per heavy atom. The molecule has 0 bridgehead atoms. The highest BCUT2D eigenvalue weighted by Gasteiger charge is 2.44. The van der Waals surface area contributed by atoms with E-state index in [1.165, 1.54) is 32.1 Å². The predicted octanol–water partition coefficient (Wildman–Crippen LogP) is 2.78. The lowest BCUT2D eigenvalue weighted by molar-refractivity contribution is -0.145. The summed E-state index contributed by atoms with van der Waals surface area (Å²) in [6.45, 7) is 5.15. The Labute approximate surface area is 177 Å². The van der Waals surface area contributed by atoms with Gasteiger partial charge in [0.05, 0.1) is 12.7 Å². The van der Waals surface area contributed by atoms with E-state index in [4.69, 9.17) is 9.57 Å². The lowest BCUT2D eigenvalue weighted by Gasteiger charge is -2.46. The minimum absolute atomic E-state index is 0.122. The van der Waals surface area contributed by atoms with E-state index in [0.29, 0.717) is 29.7 Å². The second-order valence-electron chi connectivity index (χ2n) is 9.87. The molecule has 1 N–H and O–H groups in total. The second kappa shape index (κ2) is 10.6. The molecule has 168 valence electrons. The van der Waals surface area contributed by atoms with E-state index in [1.807, 2.05) is 7.11 Å². The highest BCUT2D eigenvalue weighted by Crippen LogP contribution is 2.44. The van der Waals surface area contributed by atoms with Crippen LogP contribution in [0.25, 0.3) is 0 Å². The summed E-state index contributed by atoms with van der Waals surface area (Å²) in [6.07, 6.45) is 8.30. The van der Waals surface area contributed by atoms with Crippen molar-refractivity contribution >= 4 is 5.91 Å². The molecular formula is C23H43N3O3. The predicted molar refractivity (Wildman–Crippen MR) is 115 cm³/mol. The van der Waals surface area contributed by atoms with E-state index < -0.39 is 0 Å². The fraction of sp³-hybridized carbons (Fsp3) is 0.957. The van der Waals surface area contributed by atoms with Crippen LogP contribution in [0.2, 0.25) is 0 Å². The quantitative estimate of drug-likeness (QED) is 0.701. The molecule has 29 heavy (non-hydrogen) atoms. The van der Waals surface area contributed by atoms with E-state index in [-0.39, 0.29) is 17.9 Å². The van der Waals surface area contributed by atoms with Crippen molar-refractivity contribution < 1.29 is 14.4 Å². The number of methoxy groups -OCH3 is 1. The van der Waals surface area contributed by atoms with Crippen LogP contribution in [0.15, 0.2) is 0 Å². The van der Waals surface area contributed by atoms with Gasteiger partial charge in [-0.05, 0) is 70.4 Å². The summed E-state index contributed by atoms with van der Waals surface area (Å²) in [5.41, 5.74) is 0. The first kappa shape index (κ1) is 23.0. The topological polar surface area (TPSA) is 54.0 Å². The number of carbonyl (C=O) groups is 1. The molecule has 1 saturated heterocycles. The number of carbonyl (C=O) groups excluding carboxylic acids is 1. The Morgan fingerprint density at radius 1 is 1.24 bits per heavy atom. The molecule has 0 aromatic rings. The van der Waals surface area contributed by atoms with Crippen molar-refractivity contribution in [2.75, 3.05) is 47.9 Å². The van der Waals surface area contributed by atoms with E-state index in [0.717, 1.165) is 32.5 Å². The van der Waals surface area contributed by atoms with Gasteiger partial charge in [-0.1, -0.05) is 13.3 Å². The zero-order valence-corrected chi connectivity index (χ0v) is 19.2. The summed E-state index contributed by atoms with van der Waals surface area (Å²) >= 11 is 0. The van der Waals surface area contributed by atoms with Crippen LogP contribution in [-0.4, -0.2) is 76.0 Å². The molecule has 0 aromatic heterocycles. The maximum absolute atomic E-state index is 12.5. The molecule has 6 heteroatoms. The normalized spacial score (nSPS) is 39.0. The molecule has 2 aliphatic carbocycles. The van der Waals surface area contributed by atoms with Crippen LogP contribution in [0.1, 0.15) is 51.9 Å². The number of hydrogen-bond acceptors (Lipinski definition) is 5. The maximum atomic E-state index is 12.5. The fourth-order valence-corrected chi connectivity index (χ4v) is 6.12.